The lowest BCUT2D eigenvalue weighted by molar-refractivity contribution is -0.323. The number of amides is 1. The van der Waals surface area contributed by atoms with Crippen molar-refractivity contribution < 1.29 is 37.0 Å². The highest BCUT2D eigenvalue weighted by Gasteiger charge is 2.31. The fourth-order valence-electron chi connectivity index (χ4n) is 2.92. The lowest BCUT2D eigenvalue weighted by Gasteiger charge is -2.29. The SMILES string of the molecule is O=C1COc2ccc(Br)cc2C1.O=C1COc2ccc(Br)cc2N1CCOC(F)(F)F. The minimum absolute atomic E-state index is 0.139. The highest BCUT2D eigenvalue weighted by Crippen LogP contribution is 2.34. The molecule has 0 fully saturated rings. The van der Waals surface area contributed by atoms with Crippen LogP contribution >= 0.6 is 31.9 Å². The summed E-state index contributed by atoms with van der Waals surface area (Å²) in [5.41, 5.74) is 1.40. The van der Waals surface area contributed by atoms with Gasteiger partial charge in [-0.3, -0.25) is 14.3 Å². The Bertz CT molecular complexity index is 984. The molecule has 2 aromatic rings. The quantitative estimate of drug-likeness (QED) is 0.540. The molecule has 0 aromatic heterocycles. The Morgan fingerprint density at radius 3 is 2.32 bits per heavy atom. The van der Waals surface area contributed by atoms with Gasteiger partial charge in [0.05, 0.1) is 12.3 Å². The van der Waals surface area contributed by atoms with E-state index in [9.17, 15) is 22.8 Å². The molecule has 0 radical (unpaired) electrons. The van der Waals surface area contributed by atoms with Gasteiger partial charge in [0.2, 0.25) is 0 Å². The van der Waals surface area contributed by atoms with Gasteiger partial charge < -0.3 is 14.4 Å². The molecular formula is C20H16Br2F3NO5. The predicted molar refractivity (Wildman–Crippen MR) is 112 cm³/mol. The number of Topliss-reactive ketones (excluding diaryl/α,β-unsaturated/α-hetero) is 1. The van der Waals surface area contributed by atoms with Crippen molar-refractivity contribution >= 4 is 49.2 Å². The van der Waals surface area contributed by atoms with Gasteiger partial charge in [0.25, 0.3) is 5.91 Å². The van der Waals surface area contributed by atoms with E-state index in [0.29, 0.717) is 22.3 Å². The number of ketones is 1. The van der Waals surface area contributed by atoms with Crippen LogP contribution in [-0.2, 0) is 20.7 Å². The number of alkyl halides is 3. The van der Waals surface area contributed by atoms with Gasteiger partial charge in [0.15, 0.2) is 12.4 Å². The summed E-state index contributed by atoms with van der Waals surface area (Å²) >= 11 is 6.58. The van der Waals surface area contributed by atoms with Crippen molar-refractivity contribution in [3.63, 3.8) is 0 Å². The van der Waals surface area contributed by atoms with Crippen LogP contribution in [0.25, 0.3) is 0 Å². The van der Waals surface area contributed by atoms with Crippen molar-refractivity contribution in [2.75, 3.05) is 31.3 Å². The molecule has 166 valence electrons. The molecule has 11 heteroatoms. The minimum Gasteiger partial charge on any atom is -0.486 e. The summed E-state index contributed by atoms with van der Waals surface area (Å²) in [6.45, 7) is -0.790. The lowest BCUT2D eigenvalue weighted by Crippen LogP contribution is -2.41. The number of nitrogens with zero attached hydrogens (tertiary/aromatic N) is 1. The van der Waals surface area contributed by atoms with Gasteiger partial charge >= 0.3 is 6.36 Å². The van der Waals surface area contributed by atoms with Gasteiger partial charge in [-0.1, -0.05) is 31.9 Å². The average molecular weight is 567 g/mol. The maximum absolute atomic E-state index is 11.9. The van der Waals surface area contributed by atoms with E-state index in [0.717, 1.165) is 15.8 Å². The molecule has 2 aliphatic heterocycles. The minimum atomic E-state index is -4.70. The molecule has 0 bridgehead atoms. The zero-order valence-electron chi connectivity index (χ0n) is 15.9. The highest BCUT2D eigenvalue weighted by atomic mass is 79.9. The zero-order valence-corrected chi connectivity index (χ0v) is 19.0. The maximum atomic E-state index is 11.9. The van der Waals surface area contributed by atoms with E-state index in [-0.39, 0.29) is 25.5 Å². The third-order valence-corrected chi connectivity index (χ3v) is 5.23. The molecule has 6 nitrogen and oxygen atoms in total. The van der Waals surface area contributed by atoms with Gasteiger partial charge in [0, 0.05) is 27.5 Å². The van der Waals surface area contributed by atoms with Crippen molar-refractivity contribution in [1.82, 2.24) is 0 Å². The average Bonchev–Trinajstić information content (AvgIpc) is 2.69. The number of carbonyl (C=O) groups is 2. The van der Waals surface area contributed by atoms with Crippen LogP contribution in [0, 0.1) is 0 Å². The summed E-state index contributed by atoms with van der Waals surface area (Å²) in [4.78, 5) is 23.9. The van der Waals surface area contributed by atoms with Crippen molar-refractivity contribution in [3.05, 3.63) is 50.9 Å². The lowest BCUT2D eigenvalue weighted by atomic mass is 10.1. The third-order valence-electron chi connectivity index (χ3n) is 4.24. The zero-order chi connectivity index (χ0) is 22.6. The second-order valence-corrected chi connectivity index (χ2v) is 8.33. The normalized spacial score (nSPS) is 15.2. The predicted octanol–water partition coefficient (Wildman–Crippen LogP) is 4.66. The molecule has 1 amide bonds. The van der Waals surface area contributed by atoms with Crippen LogP contribution in [0.4, 0.5) is 18.9 Å². The van der Waals surface area contributed by atoms with Crippen LogP contribution in [-0.4, -0.2) is 44.4 Å². The monoisotopic (exact) mass is 565 g/mol. The third kappa shape index (κ3) is 6.68. The van der Waals surface area contributed by atoms with E-state index in [4.69, 9.17) is 9.47 Å². The number of benzene rings is 2. The number of hydrogen-bond donors (Lipinski definition) is 0. The number of halogens is 5. The molecule has 2 heterocycles. The molecule has 0 atom stereocenters. The van der Waals surface area contributed by atoms with E-state index in [1.165, 1.54) is 4.90 Å². The van der Waals surface area contributed by atoms with Crippen molar-refractivity contribution in [2.45, 2.75) is 12.8 Å². The number of hydrogen-bond acceptors (Lipinski definition) is 5. The van der Waals surface area contributed by atoms with Gasteiger partial charge in [-0.2, -0.15) is 0 Å². The second-order valence-electron chi connectivity index (χ2n) is 6.50. The molecule has 0 aliphatic carbocycles. The fraction of sp³-hybridized carbons (Fsp3) is 0.300. The van der Waals surface area contributed by atoms with Gasteiger partial charge in [-0.25, -0.2) is 0 Å². The number of rotatable bonds is 3. The topological polar surface area (TPSA) is 65.1 Å². The smallest absolute Gasteiger partial charge is 0.486 e. The molecule has 0 saturated carbocycles. The summed E-state index contributed by atoms with van der Waals surface area (Å²) in [6.07, 6.45) is -4.20. The number of anilines is 1. The number of fused-ring (bicyclic) bond motifs is 2. The van der Waals surface area contributed by atoms with E-state index in [1.54, 1.807) is 18.2 Å². The molecule has 0 spiro atoms. The fourth-order valence-corrected chi connectivity index (χ4v) is 3.68. The Hall–Kier alpha value is -2.11. The molecular weight excluding hydrogens is 551 g/mol. The molecule has 0 saturated heterocycles. The molecule has 2 aliphatic rings. The van der Waals surface area contributed by atoms with Gasteiger partial charge in [-0.15, -0.1) is 13.2 Å². The van der Waals surface area contributed by atoms with Gasteiger partial charge in [-0.05, 0) is 36.4 Å². The summed E-state index contributed by atoms with van der Waals surface area (Å²) in [5.74, 6) is 1.02. The van der Waals surface area contributed by atoms with E-state index >= 15 is 0 Å². The first-order valence-corrected chi connectivity index (χ1v) is 10.6. The standard InChI is InChI=1S/C11H9BrF3NO3.C9H7BrO2/c12-7-1-2-9-8(5-7)16(10(17)6-18-9)3-4-19-11(13,14)15;10-7-1-2-9-6(3-7)4-8(11)5-12-9/h1-2,5H,3-4,6H2;1-3H,4-5H2. The Morgan fingerprint density at radius 1 is 0.968 bits per heavy atom. The number of carbonyl (C=O) groups excluding carboxylic acids is 2. The van der Waals surface area contributed by atoms with E-state index in [1.807, 2.05) is 18.2 Å². The molecule has 4 rings (SSSR count). The van der Waals surface area contributed by atoms with Crippen LogP contribution in [0.5, 0.6) is 11.5 Å². The highest BCUT2D eigenvalue weighted by molar-refractivity contribution is 9.10. The first-order chi connectivity index (χ1) is 14.6. The Labute approximate surface area is 192 Å². The van der Waals surface area contributed by atoms with Crippen molar-refractivity contribution in [1.29, 1.82) is 0 Å². The second kappa shape index (κ2) is 10.0. The first kappa shape index (κ1) is 23.6. The van der Waals surface area contributed by atoms with Gasteiger partial charge in [0.1, 0.15) is 18.1 Å². The van der Waals surface area contributed by atoms with Crippen molar-refractivity contribution in [3.8, 4) is 11.5 Å². The summed E-state index contributed by atoms with van der Waals surface area (Å²) < 4.78 is 51.5. The van der Waals surface area contributed by atoms with Crippen LogP contribution in [0.15, 0.2) is 45.3 Å². The van der Waals surface area contributed by atoms with E-state index < -0.39 is 18.9 Å². The Kier molecular flexibility index (Phi) is 7.60. The molecule has 0 N–H and O–H groups in total. The largest absolute Gasteiger partial charge is 0.522 e. The van der Waals surface area contributed by atoms with Crippen molar-refractivity contribution in [2.24, 2.45) is 0 Å². The van der Waals surface area contributed by atoms with Crippen LogP contribution < -0.4 is 14.4 Å². The molecule has 31 heavy (non-hydrogen) atoms. The molecule has 0 unspecified atom stereocenters. The summed E-state index contributed by atoms with van der Waals surface area (Å²) in [6, 6.07) is 10.7. The number of ether oxygens (including phenoxy) is 3. The Balaban J connectivity index is 0.000000194. The molecule has 2 aromatic carbocycles. The summed E-state index contributed by atoms with van der Waals surface area (Å²) in [5, 5.41) is 0. The van der Waals surface area contributed by atoms with Crippen LogP contribution in [0.3, 0.4) is 0 Å². The van der Waals surface area contributed by atoms with Crippen LogP contribution in [0.2, 0.25) is 0 Å². The van der Waals surface area contributed by atoms with Crippen LogP contribution in [0.1, 0.15) is 5.56 Å². The van der Waals surface area contributed by atoms with E-state index in [2.05, 4.69) is 36.6 Å². The Morgan fingerprint density at radius 2 is 1.61 bits per heavy atom. The summed E-state index contributed by atoms with van der Waals surface area (Å²) in [7, 11) is 0. The maximum Gasteiger partial charge on any atom is 0.522 e. The first-order valence-electron chi connectivity index (χ1n) is 8.99.